The first-order valence-corrected chi connectivity index (χ1v) is 9.57. The predicted octanol–water partition coefficient (Wildman–Crippen LogP) is 1.26. The largest absolute Gasteiger partial charge is 0.366 e. The Morgan fingerprint density at radius 2 is 1.81 bits per heavy atom. The van der Waals surface area contributed by atoms with Gasteiger partial charge in [-0.15, -0.1) is 0 Å². The number of anilines is 1. The van der Waals surface area contributed by atoms with E-state index in [-0.39, 0.29) is 24.0 Å². The molecule has 2 aliphatic heterocycles. The van der Waals surface area contributed by atoms with E-state index in [0.717, 1.165) is 31.5 Å². The molecule has 0 radical (unpaired) electrons. The third-order valence-corrected chi connectivity index (χ3v) is 5.39. The summed E-state index contributed by atoms with van der Waals surface area (Å²) in [5, 5.41) is 4.38. The van der Waals surface area contributed by atoms with E-state index < -0.39 is 0 Å². The molecule has 1 amide bonds. The fourth-order valence-corrected chi connectivity index (χ4v) is 3.86. The molecular weight excluding hydrogens is 349 g/mol. The van der Waals surface area contributed by atoms with Crippen molar-refractivity contribution in [1.29, 1.82) is 0 Å². The molecule has 27 heavy (non-hydrogen) atoms. The predicted molar refractivity (Wildman–Crippen MR) is 99.2 cm³/mol. The van der Waals surface area contributed by atoms with Crippen molar-refractivity contribution in [1.82, 2.24) is 19.2 Å². The smallest absolute Gasteiger partial charge is 0.346 e. The first kappa shape index (κ1) is 17.8. The van der Waals surface area contributed by atoms with E-state index in [1.807, 2.05) is 11.0 Å². The SMILES string of the molecule is O=C(Cn1nc2n(c1=O)CCCCC2)N1CCN(c2ccccc2F)CC1. The van der Waals surface area contributed by atoms with Crippen LogP contribution in [-0.2, 0) is 24.3 Å². The molecule has 0 atom stereocenters. The molecule has 0 spiro atoms. The number of halogens is 1. The molecule has 2 aromatic rings. The summed E-state index contributed by atoms with van der Waals surface area (Å²) in [7, 11) is 0. The number of amides is 1. The van der Waals surface area contributed by atoms with Crippen LogP contribution in [0.1, 0.15) is 25.1 Å². The van der Waals surface area contributed by atoms with Gasteiger partial charge in [0.2, 0.25) is 5.91 Å². The number of rotatable bonds is 3. The van der Waals surface area contributed by atoms with Crippen LogP contribution in [0.2, 0.25) is 0 Å². The highest BCUT2D eigenvalue weighted by Gasteiger charge is 2.24. The fourth-order valence-electron chi connectivity index (χ4n) is 3.86. The Morgan fingerprint density at radius 3 is 2.59 bits per heavy atom. The summed E-state index contributed by atoms with van der Waals surface area (Å²) in [5.41, 5.74) is 0.379. The molecule has 4 rings (SSSR count). The second-order valence-corrected chi connectivity index (χ2v) is 7.14. The Kier molecular flexibility index (Phi) is 4.96. The molecule has 7 nitrogen and oxygen atoms in total. The fraction of sp³-hybridized carbons (Fsp3) is 0.526. The second-order valence-electron chi connectivity index (χ2n) is 7.14. The zero-order valence-electron chi connectivity index (χ0n) is 15.3. The first-order valence-electron chi connectivity index (χ1n) is 9.57. The molecule has 2 aliphatic rings. The topological polar surface area (TPSA) is 63.4 Å². The molecule has 0 unspecified atom stereocenters. The van der Waals surface area contributed by atoms with Gasteiger partial charge < -0.3 is 9.80 Å². The molecule has 144 valence electrons. The summed E-state index contributed by atoms with van der Waals surface area (Å²) in [6.45, 7) is 2.82. The lowest BCUT2D eigenvalue weighted by Crippen LogP contribution is -2.50. The van der Waals surface area contributed by atoms with Gasteiger partial charge in [-0.3, -0.25) is 9.36 Å². The van der Waals surface area contributed by atoms with Crippen LogP contribution in [0.5, 0.6) is 0 Å². The van der Waals surface area contributed by atoms with Crippen LogP contribution in [0.4, 0.5) is 10.1 Å². The van der Waals surface area contributed by atoms with Gasteiger partial charge in [0.25, 0.3) is 0 Å². The molecule has 8 heteroatoms. The van der Waals surface area contributed by atoms with E-state index in [1.165, 1.54) is 10.7 Å². The Morgan fingerprint density at radius 1 is 1.04 bits per heavy atom. The molecule has 3 heterocycles. The number of para-hydroxylation sites is 1. The third-order valence-electron chi connectivity index (χ3n) is 5.39. The van der Waals surface area contributed by atoms with Crippen LogP contribution in [0.3, 0.4) is 0 Å². The molecule has 1 aromatic carbocycles. The Bertz CT molecular complexity index is 882. The van der Waals surface area contributed by atoms with Gasteiger partial charge in [-0.25, -0.2) is 13.9 Å². The van der Waals surface area contributed by atoms with Crippen LogP contribution in [0.15, 0.2) is 29.1 Å². The van der Waals surface area contributed by atoms with Crippen LogP contribution >= 0.6 is 0 Å². The van der Waals surface area contributed by atoms with Crippen molar-refractivity contribution in [2.24, 2.45) is 0 Å². The van der Waals surface area contributed by atoms with Gasteiger partial charge in [0.05, 0.1) is 5.69 Å². The normalized spacial score (nSPS) is 17.5. The van der Waals surface area contributed by atoms with Crippen molar-refractivity contribution in [3.63, 3.8) is 0 Å². The van der Waals surface area contributed by atoms with Gasteiger partial charge in [0.15, 0.2) is 0 Å². The standard InChI is InChI=1S/C19H24FN5O2/c20-15-6-3-4-7-16(15)22-10-12-23(13-11-22)18(26)14-25-19(27)24-9-5-1-2-8-17(24)21-25/h3-4,6-7H,1-2,5,8-14H2. The van der Waals surface area contributed by atoms with Crippen molar-refractivity contribution in [3.8, 4) is 0 Å². The van der Waals surface area contributed by atoms with Crippen molar-refractivity contribution < 1.29 is 9.18 Å². The highest BCUT2D eigenvalue weighted by Crippen LogP contribution is 2.20. The lowest BCUT2D eigenvalue weighted by Gasteiger charge is -2.36. The molecular formula is C19H24FN5O2. The van der Waals surface area contributed by atoms with Gasteiger partial charge in [0.1, 0.15) is 18.2 Å². The minimum absolute atomic E-state index is 0.0292. The van der Waals surface area contributed by atoms with Gasteiger partial charge in [-0.05, 0) is 25.0 Å². The average Bonchev–Trinajstić information content (AvgIpc) is 2.85. The number of piperazine rings is 1. The number of aromatic nitrogens is 3. The van der Waals surface area contributed by atoms with Crippen LogP contribution in [0.25, 0.3) is 0 Å². The second kappa shape index (κ2) is 7.54. The number of carbonyl (C=O) groups is 1. The monoisotopic (exact) mass is 373 g/mol. The van der Waals surface area contributed by atoms with Crippen molar-refractivity contribution in [3.05, 3.63) is 46.4 Å². The molecule has 0 N–H and O–H groups in total. The average molecular weight is 373 g/mol. The van der Waals surface area contributed by atoms with Crippen molar-refractivity contribution in [2.75, 3.05) is 31.1 Å². The highest BCUT2D eigenvalue weighted by molar-refractivity contribution is 5.76. The van der Waals surface area contributed by atoms with Crippen LogP contribution < -0.4 is 10.6 Å². The van der Waals surface area contributed by atoms with Gasteiger partial charge in [-0.2, -0.15) is 5.10 Å². The van der Waals surface area contributed by atoms with E-state index in [4.69, 9.17) is 0 Å². The summed E-state index contributed by atoms with van der Waals surface area (Å²) < 4.78 is 16.9. The zero-order valence-corrected chi connectivity index (χ0v) is 15.3. The number of fused-ring (bicyclic) bond motifs is 1. The van der Waals surface area contributed by atoms with Gasteiger partial charge in [-0.1, -0.05) is 18.6 Å². The number of benzene rings is 1. The Labute approximate surface area is 157 Å². The summed E-state index contributed by atoms with van der Waals surface area (Å²) in [5.74, 6) is 0.427. The maximum Gasteiger partial charge on any atom is 0.346 e. The minimum atomic E-state index is -0.247. The van der Waals surface area contributed by atoms with Crippen molar-refractivity contribution >= 4 is 11.6 Å². The van der Waals surface area contributed by atoms with Crippen LogP contribution in [-0.4, -0.2) is 51.3 Å². The molecule has 1 aromatic heterocycles. The zero-order chi connectivity index (χ0) is 18.8. The lowest BCUT2D eigenvalue weighted by molar-refractivity contribution is -0.132. The Balaban J connectivity index is 1.39. The van der Waals surface area contributed by atoms with Crippen LogP contribution in [0, 0.1) is 5.82 Å². The minimum Gasteiger partial charge on any atom is -0.366 e. The summed E-state index contributed by atoms with van der Waals surface area (Å²) in [4.78, 5) is 28.8. The van der Waals surface area contributed by atoms with E-state index in [9.17, 15) is 14.0 Å². The molecule has 1 saturated heterocycles. The summed E-state index contributed by atoms with van der Waals surface area (Å²) >= 11 is 0. The summed E-state index contributed by atoms with van der Waals surface area (Å²) in [6.07, 6.45) is 3.90. The number of nitrogens with zero attached hydrogens (tertiary/aromatic N) is 5. The van der Waals surface area contributed by atoms with Crippen molar-refractivity contribution in [2.45, 2.75) is 38.8 Å². The molecule has 1 fully saturated rings. The van der Waals surface area contributed by atoms with E-state index in [2.05, 4.69) is 5.10 Å². The number of hydrogen-bond acceptors (Lipinski definition) is 4. The molecule has 0 bridgehead atoms. The van der Waals surface area contributed by atoms with E-state index in [1.54, 1.807) is 21.6 Å². The van der Waals surface area contributed by atoms with E-state index in [0.29, 0.717) is 38.4 Å². The van der Waals surface area contributed by atoms with E-state index >= 15 is 0 Å². The molecule has 0 aliphatic carbocycles. The number of aryl methyl sites for hydroxylation is 1. The first-order chi connectivity index (χ1) is 13.1. The van der Waals surface area contributed by atoms with Gasteiger partial charge >= 0.3 is 5.69 Å². The van der Waals surface area contributed by atoms with Gasteiger partial charge in [0, 0.05) is 39.1 Å². The maximum atomic E-state index is 13.9. The highest BCUT2D eigenvalue weighted by atomic mass is 19.1. The molecule has 0 saturated carbocycles. The number of hydrogen-bond donors (Lipinski definition) is 0. The summed E-state index contributed by atoms with van der Waals surface area (Å²) in [6, 6.07) is 6.68. The number of carbonyl (C=O) groups excluding carboxylic acids is 1. The lowest BCUT2D eigenvalue weighted by atomic mass is 10.2. The Hall–Kier alpha value is -2.64. The maximum absolute atomic E-state index is 13.9. The third kappa shape index (κ3) is 3.61. The quantitative estimate of drug-likeness (QED) is 0.813.